The Morgan fingerprint density at radius 1 is 0.889 bits per heavy atom. The van der Waals surface area contributed by atoms with Crippen molar-refractivity contribution in [3.05, 3.63) is 60.7 Å². The normalized spacial score (nSPS) is 12.6. The third kappa shape index (κ3) is 3.34. The van der Waals surface area contributed by atoms with E-state index in [0.29, 0.717) is 0 Å². The smallest absolute Gasteiger partial charge is 0.0615 e. The van der Waals surface area contributed by atoms with Crippen LogP contribution in [-0.4, -0.2) is 5.12 Å². The van der Waals surface area contributed by atoms with E-state index in [1.54, 1.807) is 0 Å². The van der Waals surface area contributed by atoms with E-state index >= 15 is 0 Å². The van der Waals surface area contributed by atoms with Gasteiger partial charge in [0, 0.05) is 0 Å². The van der Waals surface area contributed by atoms with E-state index < -0.39 is 7.92 Å². The van der Waals surface area contributed by atoms with Gasteiger partial charge in [-0.1, -0.05) is 74.0 Å². The molecular formula is C16H18ClP. The van der Waals surface area contributed by atoms with E-state index in [1.807, 2.05) is 0 Å². The fourth-order valence-electron chi connectivity index (χ4n) is 2.02. The van der Waals surface area contributed by atoms with Crippen molar-refractivity contribution in [2.75, 3.05) is 0 Å². The van der Waals surface area contributed by atoms with Gasteiger partial charge in [0.15, 0.2) is 0 Å². The Kier molecular flexibility index (Phi) is 5.23. The van der Waals surface area contributed by atoms with Crippen molar-refractivity contribution in [2.45, 2.75) is 24.9 Å². The van der Waals surface area contributed by atoms with Crippen molar-refractivity contribution in [3.8, 4) is 0 Å². The molecule has 0 fully saturated rings. The standard InChI is InChI=1S/C16H18ClP/c1-2-9-16(17)18(14-10-5-3-6-11-14)15-12-7-4-8-13-15/h3-8,10-13,16H,2,9H2,1H3. The van der Waals surface area contributed by atoms with Crippen molar-refractivity contribution >= 4 is 30.1 Å². The number of alkyl halides is 1. The Morgan fingerprint density at radius 3 is 1.72 bits per heavy atom. The second-order valence-electron chi connectivity index (χ2n) is 4.26. The van der Waals surface area contributed by atoms with Crippen LogP contribution in [0.3, 0.4) is 0 Å². The average molecular weight is 277 g/mol. The van der Waals surface area contributed by atoms with E-state index in [0.717, 1.165) is 12.8 Å². The topological polar surface area (TPSA) is 0 Å². The van der Waals surface area contributed by atoms with Gasteiger partial charge in [0.25, 0.3) is 0 Å². The van der Waals surface area contributed by atoms with Crippen LogP contribution in [0.4, 0.5) is 0 Å². The lowest BCUT2D eigenvalue weighted by Crippen LogP contribution is -2.18. The fraction of sp³-hybridized carbons (Fsp3) is 0.250. The summed E-state index contributed by atoms with van der Waals surface area (Å²) < 4.78 is 0. The van der Waals surface area contributed by atoms with Gasteiger partial charge in [-0.05, 0) is 25.0 Å². The van der Waals surface area contributed by atoms with Crippen molar-refractivity contribution in [2.24, 2.45) is 0 Å². The summed E-state index contributed by atoms with van der Waals surface area (Å²) in [5, 5.41) is 2.95. The molecule has 2 aromatic rings. The van der Waals surface area contributed by atoms with Gasteiger partial charge in [0.1, 0.15) is 0 Å². The van der Waals surface area contributed by atoms with E-state index in [2.05, 4.69) is 67.6 Å². The van der Waals surface area contributed by atoms with Crippen LogP contribution in [-0.2, 0) is 0 Å². The molecule has 0 amide bonds. The number of halogens is 1. The Hall–Kier alpha value is -0.840. The molecule has 0 aliphatic carbocycles. The monoisotopic (exact) mass is 276 g/mol. The number of rotatable bonds is 5. The Bertz CT molecular complexity index is 416. The second kappa shape index (κ2) is 6.92. The Labute approximate surface area is 116 Å². The maximum Gasteiger partial charge on any atom is 0.0615 e. The third-order valence-corrected chi connectivity index (χ3v) is 6.21. The van der Waals surface area contributed by atoms with E-state index in [-0.39, 0.29) is 5.12 Å². The molecule has 94 valence electrons. The number of hydrogen-bond donors (Lipinski definition) is 0. The summed E-state index contributed by atoms with van der Waals surface area (Å²) in [6, 6.07) is 21.3. The zero-order valence-corrected chi connectivity index (χ0v) is 12.2. The minimum absolute atomic E-state index is 0.217. The fourth-order valence-corrected chi connectivity index (χ4v) is 5.36. The van der Waals surface area contributed by atoms with Crippen LogP contribution >= 0.6 is 19.5 Å². The first-order valence-electron chi connectivity index (χ1n) is 6.36. The summed E-state index contributed by atoms with van der Waals surface area (Å²) in [7, 11) is -0.453. The molecule has 0 N–H and O–H groups in total. The predicted molar refractivity (Wildman–Crippen MR) is 83.6 cm³/mol. The van der Waals surface area contributed by atoms with Crippen LogP contribution in [0.5, 0.6) is 0 Å². The highest BCUT2D eigenvalue weighted by Gasteiger charge is 2.21. The summed E-state index contributed by atoms with van der Waals surface area (Å²) in [5.41, 5.74) is 0. The van der Waals surface area contributed by atoms with Crippen molar-refractivity contribution < 1.29 is 0 Å². The zero-order valence-electron chi connectivity index (χ0n) is 10.6. The molecule has 0 saturated carbocycles. The van der Waals surface area contributed by atoms with E-state index in [9.17, 15) is 0 Å². The second-order valence-corrected chi connectivity index (χ2v) is 7.49. The highest BCUT2D eigenvalue weighted by molar-refractivity contribution is 7.75. The minimum Gasteiger partial charge on any atom is -0.117 e. The van der Waals surface area contributed by atoms with Crippen LogP contribution < -0.4 is 10.6 Å². The van der Waals surface area contributed by atoms with Crippen LogP contribution in [0, 0.1) is 0 Å². The molecule has 0 aliphatic rings. The molecule has 2 aromatic carbocycles. The van der Waals surface area contributed by atoms with E-state index in [1.165, 1.54) is 10.6 Å². The molecule has 0 radical (unpaired) electrons. The average Bonchev–Trinajstić information content (AvgIpc) is 2.42. The van der Waals surface area contributed by atoms with Gasteiger partial charge in [-0.25, -0.2) is 0 Å². The molecule has 1 atom stereocenters. The Balaban J connectivity index is 2.35. The third-order valence-electron chi connectivity index (χ3n) is 2.88. The van der Waals surface area contributed by atoms with E-state index in [4.69, 9.17) is 11.6 Å². The first kappa shape index (κ1) is 13.6. The van der Waals surface area contributed by atoms with Crippen LogP contribution in [0.1, 0.15) is 19.8 Å². The van der Waals surface area contributed by atoms with Gasteiger partial charge in [0.05, 0.1) is 5.12 Å². The molecular weight excluding hydrogens is 259 g/mol. The van der Waals surface area contributed by atoms with Crippen LogP contribution in [0.2, 0.25) is 0 Å². The summed E-state index contributed by atoms with van der Waals surface area (Å²) in [5.74, 6) is 0. The highest BCUT2D eigenvalue weighted by Crippen LogP contribution is 2.43. The van der Waals surface area contributed by atoms with Gasteiger partial charge in [-0.2, -0.15) is 0 Å². The van der Waals surface area contributed by atoms with Gasteiger partial charge in [-0.15, -0.1) is 11.6 Å². The van der Waals surface area contributed by atoms with Gasteiger partial charge in [0.2, 0.25) is 0 Å². The summed E-state index contributed by atoms with van der Waals surface area (Å²) in [4.78, 5) is 0. The molecule has 18 heavy (non-hydrogen) atoms. The molecule has 0 spiro atoms. The molecule has 1 unspecified atom stereocenters. The van der Waals surface area contributed by atoms with Crippen molar-refractivity contribution in [3.63, 3.8) is 0 Å². The quantitative estimate of drug-likeness (QED) is 0.558. The molecule has 0 saturated heterocycles. The van der Waals surface area contributed by atoms with Crippen LogP contribution in [0.25, 0.3) is 0 Å². The predicted octanol–water partition coefficient (Wildman–Crippen LogP) is 4.48. The summed E-state index contributed by atoms with van der Waals surface area (Å²) in [6.07, 6.45) is 2.20. The minimum atomic E-state index is -0.453. The summed E-state index contributed by atoms with van der Waals surface area (Å²) >= 11 is 6.64. The van der Waals surface area contributed by atoms with Gasteiger partial charge in [-0.3, -0.25) is 0 Å². The first-order chi connectivity index (χ1) is 8.83. The van der Waals surface area contributed by atoms with Crippen LogP contribution in [0.15, 0.2) is 60.7 Å². The Morgan fingerprint density at radius 2 is 1.33 bits per heavy atom. The van der Waals surface area contributed by atoms with Crippen molar-refractivity contribution in [1.29, 1.82) is 0 Å². The molecule has 2 rings (SSSR count). The largest absolute Gasteiger partial charge is 0.117 e. The lowest BCUT2D eigenvalue weighted by atomic mass is 10.4. The molecule has 0 aliphatic heterocycles. The molecule has 2 heteroatoms. The first-order valence-corrected chi connectivity index (χ1v) is 8.21. The number of hydrogen-bond acceptors (Lipinski definition) is 0. The maximum absolute atomic E-state index is 6.64. The molecule has 0 nitrogen and oxygen atoms in total. The molecule has 0 aromatic heterocycles. The lowest BCUT2D eigenvalue weighted by molar-refractivity contribution is 0.861. The molecule has 0 bridgehead atoms. The van der Waals surface area contributed by atoms with Crippen molar-refractivity contribution in [1.82, 2.24) is 0 Å². The van der Waals surface area contributed by atoms with Gasteiger partial charge >= 0.3 is 0 Å². The highest BCUT2D eigenvalue weighted by atomic mass is 35.5. The number of benzene rings is 2. The van der Waals surface area contributed by atoms with Gasteiger partial charge < -0.3 is 0 Å². The zero-order chi connectivity index (χ0) is 12.8. The SMILES string of the molecule is CCCC(Cl)P(c1ccccc1)c1ccccc1. The summed E-state index contributed by atoms with van der Waals surface area (Å²) in [6.45, 7) is 2.19. The lowest BCUT2D eigenvalue weighted by Gasteiger charge is -2.23. The molecule has 0 heterocycles. The maximum atomic E-state index is 6.64.